The van der Waals surface area contributed by atoms with Gasteiger partial charge in [-0.25, -0.2) is 0 Å². The second-order valence-corrected chi connectivity index (χ2v) is 7.28. The van der Waals surface area contributed by atoms with Gasteiger partial charge in [-0.15, -0.1) is 0 Å². The SMILES string of the molecule is CCCc1cccc(C(CC2CC3CCC2C3)NCC)c1. The van der Waals surface area contributed by atoms with Gasteiger partial charge in [0.25, 0.3) is 0 Å². The van der Waals surface area contributed by atoms with E-state index >= 15 is 0 Å². The molecular weight excluding hydrogens is 254 g/mol. The van der Waals surface area contributed by atoms with Gasteiger partial charge >= 0.3 is 0 Å². The molecule has 2 saturated carbocycles. The minimum Gasteiger partial charge on any atom is -0.310 e. The molecule has 1 nitrogen and oxygen atoms in total. The standard InChI is InChI=1S/C20H31N/c1-3-6-15-7-5-8-18(11-15)20(21-4-2)14-19-13-16-9-10-17(19)12-16/h5,7-8,11,16-17,19-21H,3-4,6,9-10,12-14H2,1-2H3. The van der Waals surface area contributed by atoms with Crippen LogP contribution in [-0.4, -0.2) is 6.54 Å². The Hall–Kier alpha value is -0.820. The molecule has 2 aliphatic rings. The molecule has 2 bridgehead atoms. The largest absolute Gasteiger partial charge is 0.310 e. The first-order chi connectivity index (χ1) is 10.3. The van der Waals surface area contributed by atoms with Crippen molar-refractivity contribution < 1.29 is 0 Å². The highest BCUT2D eigenvalue weighted by Crippen LogP contribution is 2.50. The zero-order valence-corrected chi connectivity index (χ0v) is 13.8. The average molecular weight is 285 g/mol. The van der Waals surface area contributed by atoms with Gasteiger partial charge < -0.3 is 5.32 Å². The minimum atomic E-state index is 0.566. The number of hydrogen-bond donors (Lipinski definition) is 1. The van der Waals surface area contributed by atoms with Crippen LogP contribution in [0.5, 0.6) is 0 Å². The third-order valence-electron chi connectivity index (χ3n) is 5.77. The number of rotatable bonds is 7. The molecule has 1 N–H and O–H groups in total. The van der Waals surface area contributed by atoms with Crippen molar-refractivity contribution >= 4 is 0 Å². The third-order valence-corrected chi connectivity index (χ3v) is 5.77. The van der Waals surface area contributed by atoms with E-state index in [-0.39, 0.29) is 0 Å². The summed E-state index contributed by atoms with van der Waals surface area (Å²) in [5.74, 6) is 3.08. The number of benzene rings is 1. The predicted molar refractivity (Wildman–Crippen MR) is 90.4 cm³/mol. The maximum absolute atomic E-state index is 3.75. The summed E-state index contributed by atoms with van der Waals surface area (Å²) < 4.78 is 0. The van der Waals surface area contributed by atoms with Gasteiger partial charge in [0.15, 0.2) is 0 Å². The first-order valence-electron chi connectivity index (χ1n) is 9.12. The summed E-state index contributed by atoms with van der Waals surface area (Å²) in [6.45, 7) is 5.58. The van der Waals surface area contributed by atoms with Crippen LogP contribution in [0.4, 0.5) is 0 Å². The van der Waals surface area contributed by atoms with Crippen molar-refractivity contribution in [1.29, 1.82) is 0 Å². The molecule has 0 spiro atoms. The van der Waals surface area contributed by atoms with Crippen LogP contribution < -0.4 is 5.32 Å². The van der Waals surface area contributed by atoms with Crippen LogP contribution in [0, 0.1) is 17.8 Å². The number of fused-ring (bicyclic) bond motifs is 2. The van der Waals surface area contributed by atoms with E-state index in [1.807, 2.05) is 0 Å². The summed E-state index contributed by atoms with van der Waals surface area (Å²) in [6, 6.07) is 9.89. The van der Waals surface area contributed by atoms with E-state index < -0.39 is 0 Å². The lowest BCUT2D eigenvalue weighted by atomic mass is 9.82. The van der Waals surface area contributed by atoms with Gasteiger partial charge in [-0.05, 0) is 67.5 Å². The van der Waals surface area contributed by atoms with E-state index in [1.54, 1.807) is 0 Å². The summed E-state index contributed by atoms with van der Waals surface area (Å²) in [6.07, 6.45) is 9.84. The fourth-order valence-corrected chi connectivity index (χ4v) is 4.81. The molecule has 4 atom stereocenters. The molecule has 21 heavy (non-hydrogen) atoms. The van der Waals surface area contributed by atoms with Gasteiger partial charge in [-0.1, -0.05) is 51.0 Å². The average Bonchev–Trinajstić information content (AvgIpc) is 3.10. The maximum atomic E-state index is 3.75. The molecule has 0 saturated heterocycles. The van der Waals surface area contributed by atoms with Crippen LogP contribution in [-0.2, 0) is 6.42 Å². The molecule has 1 aromatic rings. The second kappa shape index (κ2) is 6.96. The molecule has 4 unspecified atom stereocenters. The lowest BCUT2D eigenvalue weighted by Gasteiger charge is -2.28. The molecule has 1 aromatic carbocycles. The minimum absolute atomic E-state index is 0.566. The van der Waals surface area contributed by atoms with Crippen LogP contribution in [0.3, 0.4) is 0 Å². The van der Waals surface area contributed by atoms with Crippen molar-refractivity contribution in [1.82, 2.24) is 5.32 Å². The van der Waals surface area contributed by atoms with E-state index in [4.69, 9.17) is 0 Å². The second-order valence-electron chi connectivity index (χ2n) is 7.28. The first kappa shape index (κ1) is 15.1. The van der Waals surface area contributed by atoms with Crippen molar-refractivity contribution in [3.63, 3.8) is 0 Å². The fourth-order valence-electron chi connectivity index (χ4n) is 4.81. The molecule has 2 aliphatic carbocycles. The summed E-state index contributed by atoms with van der Waals surface area (Å²) in [4.78, 5) is 0. The summed E-state index contributed by atoms with van der Waals surface area (Å²) in [5.41, 5.74) is 3.02. The van der Waals surface area contributed by atoms with Crippen molar-refractivity contribution in [2.75, 3.05) is 6.54 Å². The molecule has 2 fully saturated rings. The Kier molecular flexibility index (Phi) is 5.00. The normalized spacial score (nSPS) is 29.0. The quantitative estimate of drug-likeness (QED) is 0.733. The van der Waals surface area contributed by atoms with Crippen LogP contribution in [0.1, 0.15) is 69.5 Å². The Labute approximate surface area is 130 Å². The summed E-state index contributed by atoms with van der Waals surface area (Å²) >= 11 is 0. The van der Waals surface area contributed by atoms with Gasteiger partial charge in [-0.3, -0.25) is 0 Å². The zero-order chi connectivity index (χ0) is 14.7. The van der Waals surface area contributed by atoms with Gasteiger partial charge in [0.1, 0.15) is 0 Å². The highest BCUT2D eigenvalue weighted by Gasteiger charge is 2.40. The van der Waals surface area contributed by atoms with E-state index in [9.17, 15) is 0 Å². The lowest BCUT2D eigenvalue weighted by Crippen LogP contribution is -2.25. The van der Waals surface area contributed by atoms with E-state index in [2.05, 4.69) is 43.4 Å². The van der Waals surface area contributed by atoms with Crippen molar-refractivity contribution in [2.45, 2.75) is 64.8 Å². The van der Waals surface area contributed by atoms with Crippen LogP contribution >= 0.6 is 0 Å². The Morgan fingerprint density at radius 1 is 1.19 bits per heavy atom. The fraction of sp³-hybridized carbons (Fsp3) is 0.700. The van der Waals surface area contributed by atoms with E-state index in [0.717, 1.165) is 24.3 Å². The molecule has 3 rings (SSSR count). The topological polar surface area (TPSA) is 12.0 Å². The predicted octanol–water partition coefficient (Wildman–Crippen LogP) is 5.12. The lowest BCUT2D eigenvalue weighted by molar-refractivity contribution is 0.280. The number of hydrogen-bond acceptors (Lipinski definition) is 1. The van der Waals surface area contributed by atoms with Crippen LogP contribution in [0.2, 0.25) is 0 Å². The molecule has 0 amide bonds. The van der Waals surface area contributed by atoms with Crippen molar-refractivity contribution in [3.8, 4) is 0 Å². The maximum Gasteiger partial charge on any atom is 0.0322 e. The Morgan fingerprint density at radius 3 is 2.76 bits per heavy atom. The molecular formula is C20H31N. The zero-order valence-electron chi connectivity index (χ0n) is 13.8. The molecule has 0 aliphatic heterocycles. The third kappa shape index (κ3) is 3.51. The Bertz CT molecular complexity index is 453. The van der Waals surface area contributed by atoms with Crippen LogP contribution in [0.25, 0.3) is 0 Å². The molecule has 1 heteroatoms. The molecule has 0 radical (unpaired) electrons. The summed E-state index contributed by atoms with van der Waals surface area (Å²) in [5, 5.41) is 3.75. The van der Waals surface area contributed by atoms with Gasteiger partial charge in [0, 0.05) is 6.04 Å². The molecule has 0 heterocycles. The van der Waals surface area contributed by atoms with Crippen molar-refractivity contribution in [2.24, 2.45) is 17.8 Å². The smallest absolute Gasteiger partial charge is 0.0322 e. The number of aryl methyl sites for hydroxylation is 1. The highest BCUT2D eigenvalue weighted by atomic mass is 14.9. The van der Waals surface area contributed by atoms with Crippen LogP contribution in [0.15, 0.2) is 24.3 Å². The summed E-state index contributed by atoms with van der Waals surface area (Å²) in [7, 11) is 0. The highest BCUT2D eigenvalue weighted by molar-refractivity contribution is 5.26. The molecule has 0 aromatic heterocycles. The van der Waals surface area contributed by atoms with E-state index in [1.165, 1.54) is 56.1 Å². The number of nitrogens with one attached hydrogen (secondary N) is 1. The van der Waals surface area contributed by atoms with Gasteiger partial charge in [0.05, 0.1) is 0 Å². The molecule has 116 valence electrons. The van der Waals surface area contributed by atoms with Gasteiger partial charge in [0.2, 0.25) is 0 Å². The monoisotopic (exact) mass is 285 g/mol. The Morgan fingerprint density at radius 2 is 2.10 bits per heavy atom. The first-order valence-corrected chi connectivity index (χ1v) is 9.12. The Balaban J connectivity index is 1.70. The van der Waals surface area contributed by atoms with E-state index in [0.29, 0.717) is 6.04 Å². The van der Waals surface area contributed by atoms with Crippen molar-refractivity contribution in [3.05, 3.63) is 35.4 Å². The van der Waals surface area contributed by atoms with Gasteiger partial charge in [-0.2, -0.15) is 0 Å².